The molecule has 0 unspecified atom stereocenters. The molecule has 2 amide bonds. The van der Waals surface area contributed by atoms with E-state index in [0.717, 1.165) is 46.5 Å². The number of aromatic nitrogens is 1. The van der Waals surface area contributed by atoms with Gasteiger partial charge in [0.1, 0.15) is 5.82 Å². The molecule has 2 aliphatic rings. The van der Waals surface area contributed by atoms with Crippen molar-refractivity contribution in [2.24, 2.45) is 0 Å². The average molecular weight is 601 g/mol. The van der Waals surface area contributed by atoms with Crippen LogP contribution >= 0.6 is 0 Å². The Morgan fingerprint density at radius 1 is 1.02 bits per heavy atom. The first-order valence-corrected chi connectivity index (χ1v) is 14.5. The van der Waals surface area contributed by atoms with Crippen LogP contribution in [0, 0.1) is 5.82 Å². The third-order valence-corrected chi connectivity index (χ3v) is 7.99. The molecule has 1 aromatic heterocycles. The minimum atomic E-state index is -0.373. The standard InChI is InChI=1S/C34H37FN4O5/c1-22-27(26-8-7-25(35)17-29(26)28(22)18-32(40)37-20-23-6-5-9-36-19-23)14-24-15-30(42-3)34(31(16-24)43-4)44-21-33(41)39-12-10-38(2)11-13-39/h5-9,14-17,19H,10-13,18,20-21H2,1-4H3,(H,37,40)/b27-14-. The van der Waals surface area contributed by atoms with Gasteiger partial charge in [-0.2, -0.15) is 0 Å². The van der Waals surface area contributed by atoms with Gasteiger partial charge in [-0.25, -0.2) is 4.39 Å². The largest absolute Gasteiger partial charge is 0.493 e. The quantitative estimate of drug-likeness (QED) is 0.368. The molecule has 44 heavy (non-hydrogen) atoms. The molecule has 2 aromatic carbocycles. The highest BCUT2D eigenvalue weighted by Crippen LogP contribution is 2.45. The number of nitrogens with zero attached hydrogens (tertiary/aromatic N) is 3. The summed E-state index contributed by atoms with van der Waals surface area (Å²) in [4.78, 5) is 33.8. The van der Waals surface area contributed by atoms with E-state index in [1.54, 1.807) is 35.5 Å². The molecule has 2 heterocycles. The van der Waals surface area contributed by atoms with Gasteiger partial charge >= 0.3 is 0 Å². The fourth-order valence-electron chi connectivity index (χ4n) is 5.48. The van der Waals surface area contributed by atoms with E-state index in [0.29, 0.717) is 42.4 Å². The monoisotopic (exact) mass is 600 g/mol. The van der Waals surface area contributed by atoms with Crippen LogP contribution in [0.3, 0.4) is 0 Å². The summed E-state index contributed by atoms with van der Waals surface area (Å²) in [6.45, 7) is 5.12. The number of allylic oxidation sites excluding steroid dienone is 2. The van der Waals surface area contributed by atoms with Gasteiger partial charge in [0.2, 0.25) is 11.7 Å². The summed E-state index contributed by atoms with van der Waals surface area (Å²) in [6.07, 6.45) is 5.44. The van der Waals surface area contributed by atoms with Crippen molar-refractivity contribution in [1.82, 2.24) is 20.1 Å². The Bertz CT molecular complexity index is 1570. The fraction of sp³-hybridized carbons (Fsp3) is 0.324. The lowest BCUT2D eigenvalue weighted by molar-refractivity contribution is -0.135. The van der Waals surface area contributed by atoms with Gasteiger partial charge in [-0.3, -0.25) is 14.6 Å². The van der Waals surface area contributed by atoms with Gasteiger partial charge in [0.25, 0.3) is 5.91 Å². The highest BCUT2D eigenvalue weighted by atomic mass is 19.1. The molecule has 0 spiro atoms. The second-order valence-corrected chi connectivity index (χ2v) is 10.9. The van der Waals surface area contributed by atoms with Crippen molar-refractivity contribution in [3.63, 3.8) is 0 Å². The Hall–Kier alpha value is -4.70. The topological polar surface area (TPSA) is 93.2 Å². The van der Waals surface area contributed by atoms with E-state index < -0.39 is 0 Å². The molecule has 230 valence electrons. The third kappa shape index (κ3) is 6.92. The molecule has 9 nitrogen and oxygen atoms in total. The molecule has 0 bridgehead atoms. The van der Waals surface area contributed by atoms with E-state index in [2.05, 4.69) is 15.2 Å². The molecule has 3 aromatic rings. The van der Waals surface area contributed by atoms with Crippen LogP contribution in [0.5, 0.6) is 17.2 Å². The molecular weight excluding hydrogens is 563 g/mol. The van der Waals surface area contributed by atoms with E-state index in [9.17, 15) is 14.0 Å². The summed E-state index contributed by atoms with van der Waals surface area (Å²) in [5, 5.41) is 2.93. The molecule has 10 heteroatoms. The first-order chi connectivity index (χ1) is 21.3. The lowest BCUT2D eigenvalue weighted by atomic mass is 10.00. The number of hydrogen-bond acceptors (Lipinski definition) is 7. The Morgan fingerprint density at radius 2 is 1.75 bits per heavy atom. The predicted octanol–water partition coefficient (Wildman–Crippen LogP) is 4.42. The minimum Gasteiger partial charge on any atom is -0.493 e. The van der Waals surface area contributed by atoms with Crippen molar-refractivity contribution >= 4 is 29.0 Å². The van der Waals surface area contributed by atoms with Crippen LogP contribution in [0.15, 0.2) is 60.4 Å². The molecule has 0 saturated carbocycles. The zero-order valence-corrected chi connectivity index (χ0v) is 25.5. The third-order valence-electron chi connectivity index (χ3n) is 7.99. The number of halogens is 1. The number of rotatable bonds is 10. The van der Waals surface area contributed by atoms with Crippen LogP contribution in [0.2, 0.25) is 0 Å². The number of benzene rings is 2. The van der Waals surface area contributed by atoms with E-state index in [-0.39, 0.29) is 30.7 Å². The van der Waals surface area contributed by atoms with Gasteiger partial charge < -0.3 is 29.3 Å². The van der Waals surface area contributed by atoms with Crippen molar-refractivity contribution in [1.29, 1.82) is 0 Å². The van der Waals surface area contributed by atoms with Crippen LogP contribution < -0.4 is 19.5 Å². The summed E-state index contributed by atoms with van der Waals surface area (Å²) < 4.78 is 31.7. The lowest BCUT2D eigenvalue weighted by Gasteiger charge is -2.32. The zero-order valence-electron chi connectivity index (χ0n) is 25.5. The number of hydrogen-bond donors (Lipinski definition) is 1. The molecule has 1 saturated heterocycles. The Balaban J connectivity index is 1.39. The van der Waals surface area contributed by atoms with Gasteiger partial charge in [0.15, 0.2) is 18.1 Å². The number of pyridine rings is 1. The number of fused-ring (bicyclic) bond motifs is 1. The first-order valence-electron chi connectivity index (χ1n) is 14.5. The van der Waals surface area contributed by atoms with Crippen LogP contribution in [-0.2, 0) is 16.1 Å². The summed E-state index contributed by atoms with van der Waals surface area (Å²) >= 11 is 0. The van der Waals surface area contributed by atoms with Crippen molar-refractivity contribution in [2.75, 3.05) is 54.1 Å². The van der Waals surface area contributed by atoms with Crippen LogP contribution in [0.1, 0.15) is 35.6 Å². The Kier molecular flexibility index (Phi) is 9.59. The molecule has 1 fully saturated rings. The first kappa shape index (κ1) is 30.7. The maximum atomic E-state index is 14.4. The minimum absolute atomic E-state index is 0.0963. The van der Waals surface area contributed by atoms with Crippen LogP contribution in [-0.4, -0.2) is 80.7 Å². The predicted molar refractivity (Wildman–Crippen MR) is 167 cm³/mol. The molecule has 0 atom stereocenters. The van der Waals surface area contributed by atoms with E-state index in [1.165, 1.54) is 26.4 Å². The second kappa shape index (κ2) is 13.7. The molecular formula is C34H37FN4O5. The number of carbonyl (C=O) groups excluding carboxylic acids is 2. The zero-order chi connectivity index (χ0) is 31.2. The fourth-order valence-corrected chi connectivity index (χ4v) is 5.48. The summed E-state index contributed by atoms with van der Waals surface area (Å²) in [5.74, 6) is 0.526. The maximum Gasteiger partial charge on any atom is 0.260 e. The normalized spacial score (nSPS) is 15.8. The summed E-state index contributed by atoms with van der Waals surface area (Å²) in [6, 6.07) is 11.9. The van der Waals surface area contributed by atoms with Gasteiger partial charge in [-0.15, -0.1) is 0 Å². The van der Waals surface area contributed by atoms with E-state index in [4.69, 9.17) is 14.2 Å². The number of ether oxygens (including phenoxy) is 3. The summed E-state index contributed by atoms with van der Waals surface area (Å²) in [7, 11) is 5.09. The van der Waals surface area contributed by atoms with Crippen molar-refractivity contribution in [2.45, 2.75) is 19.9 Å². The lowest BCUT2D eigenvalue weighted by Crippen LogP contribution is -2.48. The average Bonchev–Trinajstić information content (AvgIpc) is 3.28. The number of methoxy groups -OCH3 is 2. The number of piperazine rings is 1. The molecule has 5 rings (SSSR count). The molecule has 1 aliphatic heterocycles. The van der Waals surface area contributed by atoms with Gasteiger partial charge in [-0.05, 0) is 89.4 Å². The number of likely N-dealkylation sites (N-methyl/N-ethyl adjacent to an activating group) is 1. The highest BCUT2D eigenvalue weighted by Gasteiger charge is 2.27. The van der Waals surface area contributed by atoms with E-state index in [1.807, 2.05) is 32.2 Å². The van der Waals surface area contributed by atoms with Gasteiger partial charge in [-0.1, -0.05) is 12.1 Å². The summed E-state index contributed by atoms with van der Waals surface area (Å²) in [5.41, 5.74) is 5.65. The highest BCUT2D eigenvalue weighted by molar-refractivity contribution is 6.08. The second-order valence-electron chi connectivity index (χ2n) is 10.9. The molecule has 1 aliphatic carbocycles. The Labute approximate surface area is 256 Å². The van der Waals surface area contributed by atoms with Crippen LogP contribution in [0.25, 0.3) is 17.2 Å². The molecule has 0 radical (unpaired) electrons. The molecule has 1 N–H and O–H groups in total. The number of nitrogens with one attached hydrogen (secondary N) is 1. The van der Waals surface area contributed by atoms with E-state index >= 15 is 0 Å². The van der Waals surface area contributed by atoms with Crippen molar-refractivity contribution in [3.05, 3.63) is 88.5 Å². The SMILES string of the molecule is COc1cc(/C=C2/C(C)=C(CC(=O)NCc3cccnc3)c3cc(F)ccc32)cc(OC)c1OCC(=O)N1CCN(C)CC1. The van der Waals surface area contributed by atoms with Gasteiger partial charge in [0.05, 0.1) is 20.6 Å². The maximum absolute atomic E-state index is 14.4. The van der Waals surface area contributed by atoms with Crippen molar-refractivity contribution < 1.29 is 28.2 Å². The van der Waals surface area contributed by atoms with Crippen molar-refractivity contribution in [3.8, 4) is 17.2 Å². The van der Waals surface area contributed by atoms with Gasteiger partial charge in [0, 0.05) is 45.1 Å². The smallest absolute Gasteiger partial charge is 0.260 e. The number of amides is 2. The Morgan fingerprint density at radius 3 is 2.41 bits per heavy atom. The number of carbonyl (C=O) groups is 2. The van der Waals surface area contributed by atoms with Crippen LogP contribution in [0.4, 0.5) is 4.39 Å².